The van der Waals surface area contributed by atoms with E-state index < -0.39 is 17.6 Å². The zero-order chi connectivity index (χ0) is 20.4. The molecule has 1 aromatic rings. The van der Waals surface area contributed by atoms with Crippen molar-refractivity contribution in [3.63, 3.8) is 0 Å². The minimum atomic E-state index is -0.769. The summed E-state index contributed by atoms with van der Waals surface area (Å²) in [4.78, 5) is 41.7. The van der Waals surface area contributed by atoms with E-state index in [9.17, 15) is 14.4 Å². The minimum Gasteiger partial charge on any atom is -0.458 e. The second-order valence-electron chi connectivity index (χ2n) is 7.10. The number of nitrogens with zero attached hydrogens (tertiary/aromatic N) is 2. The van der Waals surface area contributed by atoms with Crippen LogP contribution in [0, 0.1) is 0 Å². The molecule has 0 aliphatic heterocycles. The molecule has 0 unspecified atom stereocenters. The minimum absolute atomic E-state index is 0.00204. The Morgan fingerprint density at radius 2 is 1.96 bits per heavy atom. The normalized spacial score (nSPS) is 12.2. The molecule has 0 radical (unpaired) electrons. The monoisotopic (exact) mass is 395 g/mol. The van der Waals surface area contributed by atoms with Gasteiger partial charge in [-0.25, -0.2) is 9.59 Å². The van der Waals surface area contributed by atoms with Crippen molar-refractivity contribution < 1.29 is 19.1 Å². The van der Waals surface area contributed by atoms with Gasteiger partial charge in [-0.2, -0.15) is 0 Å². The third-order valence-corrected chi connectivity index (χ3v) is 4.21. The van der Waals surface area contributed by atoms with Gasteiger partial charge >= 0.3 is 12.0 Å². The summed E-state index contributed by atoms with van der Waals surface area (Å²) in [7, 11) is 0. The molecule has 1 atom stereocenters. The zero-order valence-corrected chi connectivity index (χ0v) is 17.5. The number of nitrogens with one attached hydrogen (secondary N) is 1. The molecule has 0 aromatic carbocycles. The highest BCUT2D eigenvalue weighted by Crippen LogP contribution is 2.09. The number of aromatic nitrogens is 1. The van der Waals surface area contributed by atoms with E-state index in [-0.39, 0.29) is 11.1 Å². The molecule has 1 heterocycles. The van der Waals surface area contributed by atoms with Crippen molar-refractivity contribution in [1.82, 2.24) is 15.2 Å². The summed E-state index contributed by atoms with van der Waals surface area (Å²) in [6.07, 6.45) is 2.29. The smallest absolute Gasteiger partial charge is 0.328 e. The molecule has 0 fully saturated rings. The molecule has 1 aromatic heterocycles. The predicted molar refractivity (Wildman–Crippen MR) is 106 cm³/mol. The number of hydrogen-bond acceptors (Lipinski definition) is 6. The van der Waals surface area contributed by atoms with Gasteiger partial charge in [0, 0.05) is 44.1 Å². The second kappa shape index (κ2) is 10.9. The molecule has 7 nitrogen and oxygen atoms in total. The van der Waals surface area contributed by atoms with Crippen molar-refractivity contribution in [1.29, 1.82) is 0 Å². The molecule has 1 rings (SSSR count). The van der Waals surface area contributed by atoms with Gasteiger partial charge in [-0.15, -0.1) is 0 Å². The first kappa shape index (κ1) is 23.0. The lowest BCUT2D eigenvalue weighted by Crippen LogP contribution is -2.49. The third kappa shape index (κ3) is 9.98. The number of carbonyl (C=O) groups excluding carboxylic acids is 3. The van der Waals surface area contributed by atoms with Gasteiger partial charge in [-0.05, 0) is 39.8 Å². The molecule has 2 amide bonds. The van der Waals surface area contributed by atoms with Crippen LogP contribution in [0.2, 0.25) is 0 Å². The Morgan fingerprint density at radius 3 is 2.52 bits per heavy atom. The first-order valence-electron chi connectivity index (χ1n) is 8.90. The van der Waals surface area contributed by atoms with Gasteiger partial charge in [0.2, 0.25) is 0 Å². The first-order valence-corrected chi connectivity index (χ1v) is 9.88. The van der Waals surface area contributed by atoms with Gasteiger partial charge < -0.3 is 15.0 Å². The van der Waals surface area contributed by atoms with E-state index in [4.69, 9.17) is 4.74 Å². The van der Waals surface area contributed by atoms with Gasteiger partial charge in [0.25, 0.3) is 0 Å². The molecule has 0 saturated carbocycles. The first-order chi connectivity index (χ1) is 12.6. The Kier molecular flexibility index (Phi) is 9.28. The summed E-state index contributed by atoms with van der Waals surface area (Å²) in [5, 5.41) is 2.68. The van der Waals surface area contributed by atoms with Crippen LogP contribution >= 0.6 is 11.8 Å². The highest BCUT2D eigenvalue weighted by Gasteiger charge is 2.25. The Labute approximate surface area is 165 Å². The van der Waals surface area contributed by atoms with E-state index in [1.165, 1.54) is 6.92 Å². The largest absolute Gasteiger partial charge is 0.458 e. The van der Waals surface area contributed by atoms with Crippen LogP contribution in [-0.4, -0.2) is 57.5 Å². The lowest BCUT2D eigenvalue weighted by molar-refractivity contribution is -0.156. The fourth-order valence-corrected chi connectivity index (χ4v) is 2.73. The van der Waals surface area contributed by atoms with Gasteiger partial charge in [-0.1, -0.05) is 17.8 Å². The van der Waals surface area contributed by atoms with Gasteiger partial charge in [-0.3, -0.25) is 9.78 Å². The molecule has 0 spiro atoms. The second-order valence-corrected chi connectivity index (χ2v) is 8.37. The Hall–Kier alpha value is -2.09. The van der Waals surface area contributed by atoms with E-state index in [0.717, 1.165) is 17.5 Å². The van der Waals surface area contributed by atoms with E-state index >= 15 is 0 Å². The van der Waals surface area contributed by atoms with Crippen LogP contribution in [-0.2, 0) is 20.7 Å². The van der Waals surface area contributed by atoms with Crippen LogP contribution in [0.5, 0.6) is 0 Å². The highest BCUT2D eigenvalue weighted by atomic mass is 32.2. The number of carbonyl (C=O) groups is 3. The summed E-state index contributed by atoms with van der Waals surface area (Å²) in [6, 6.07) is 4.48. The predicted octanol–water partition coefficient (Wildman–Crippen LogP) is 2.65. The van der Waals surface area contributed by atoms with E-state index in [0.29, 0.717) is 25.3 Å². The molecule has 0 aliphatic carbocycles. The summed E-state index contributed by atoms with van der Waals surface area (Å²) in [5.41, 5.74) is 0.252. The van der Waals surface area contributed by atoms with Gasteiger partial charge in [0.05, 0.1) is 0 Å². The molecule has 8 heteroatoms. The number of ether oxygens (including phenoxy) is 1. The van der Waals surface area contributed by atoms with Gasteiger partial charge in [0.1, 0.15) is 11.6 Å². The number of pyridine rings is 1. The molecule has 150 valence electrons. The van der Waals surface area contributed by atoms with Crippen LogP contribution in [0.4, 0.5) is 4.79 Å². The molecule has 27 heavy (non-hydrogen) atoms. The Morgan fingerprint density at radius 1 is 1.26 bits per heavy atom. The van der Waals surface area contributed by atoms with Crippen LogP contribution in [0.25, 0.3) is 0 Å². The average Bonchev–Trinajstić information content (AvgIpc) is 2.56. The Bertz CT molecular complexity index is 632. The van der Waals surface area contributed by atoms with Crippen molar-refractivity contribution in [2.75, 3.05) is 18.8 Å². The van der Waals surface area contributed by atoms with E-state index in [2.05, 4.69) is 10.3 Å². The average molecular weight is 396 g/mol. The summed E-state index contributed by atoms with van der Waals surface area (Å²) in [6.45, 7) is 9.24. The van der Waals surface area contributed by atoms with Crippen molar-refractivity contribution in [3.8, 4) is 0 Å². The zero-order valence-electron chi connectivity index (χ0n) is 16.7. The van der Waals surface area contributed by atoms with Crippen molar-refractivity contribution in [3.05, 3.63) is 30.1 Å². The summed E-state index contributed by atoms with van der Waals surface area (Å²) >= 11 is 1.16. The maximum absolute atomic E-state index is 12.6. The van der Waals surface area contributed by atoms with Crippen LogP contribution in [0.3, 0.4) is 0 Å². The lowest BCUT2D eigenvalue weighted by atomic mass is 10.2. The molecule has 1 N–H and O–H groups in total. The summed E-state index contributed by atoms with van der Waals surface area (Å²) in [5.74, 6) is 0.00448. The molecular formula is C19H29N3O4S. The van der Waals surface area contributed by atoms with E-state index in [1.54, 1.807) is 38.8 Å². The number of urea groups is 1. The highest BCUT2D eigenvalue weighted by molar-refractivity contribution is 8.13. The quantitative estimate of drug-likeness (QED) is 0.681. The maximum atomic E-state index is 12.6. The van der Waals surface area contributed by atoms with E-state index in [1.807, 2.05) is 18.2 Å². The number of thioether (sulfide) groups is 1. The lowest BCUT2D eigenvalue weighted by Gasteiger charge is -2.26. The number of esters is 1. The van der Waals surface area contributed by atoms with Crippen molar-refractivity contribution in [2.45, 2.75) is 52.7 Å². The third-order valence-electron chi connectivity index (χ3n) is 3.42. The van der Waals surface area contributed by atoms with Crippen LogP contribution < -0.4 is 5.32 Å². The Balaban J connectivity index is 2.67. The fraction of sp³-hybridized carbons (Fsp3) is 0.579. The number of amides is 2. The van der Waals surface area contributed by atoms with Crippen molar-refractivity contribution in [2.24, 2.45) is 0 Å². The van der Waals surface area contributed by atoms with Crippen molar-refractivity contribution >= 4 is 28.9 Å². The fourth-order valence-electron chi connectivity index (χ4n) is 2.14. The molecule has 0 bridgehead atoms. The van der Waals surface area contributed by atoms with Gasteiger partial charge in [0.15, 0.2) is 5.12 Å². The number of hydrogen-bond donors (Lipinski definition) is 1. The van der Waals surface area contributed by atoms with Crippen LogP contribution in [0.15, 0.2) is 24.4 Å². The molecule has 0 aliphatic rings. The number of rotatable bonds is 8. The topological polar surface area (TPSA) is 88.6 Å². The van der Waals surface area contributed by atoms with Crippen LogP contribution in [0.1, 0.15) is 40.3 Å². The standard InChI is InChI=1S/C19H29N3O4S/c1-14(17(24)26-19(3,4)5)21-18(25)22(12-13-27-15(2)23)11-9-16-8-6-7-10-20-16/h6-8,10,14H,9,11-13H2,1-5H3,(H,21,25)/t14-/m0/s1. The molecular weight excluding hydrogens is 366 g/mol. The summed E-state index contributed by atoms with van der Waals surface area (Å²) < 4.78 is 5.29. The maximum Gasteiger partial charge on any atom is 0.328 e. The molecule has 0 saturated heterocycles. The SMILES string of the molecule is CC(=O)SCCN(CCc1ccccn1)C(=O)N[C@@H](C)C(=O)OC(C)(C)C.